The number of carbonyl (C=O) groups is 1. The molecule has 0 radical (unpaired) electrons. The molecule has 0 spiro atoms. The largest absolute Gasteiger partial charge is 0.326 e. The van der Waals surface area contributed by atoms with Crippen molar-refractivity contribution < 1.29 is 4.79 Å². The molecule has 0 aliphatic carbocycles. The van der Waals surface area contributed by atoms with Gasteiger partial charge in [-0.1, -0.05) is 6.92 Å². The van der Waals surface area contributed by atoms with Crippen LogP contribution < -0.4 is 10.9 Å². The highest BCUT2D eigenvalue weighted by atomic mass is 16.2. The maximum atomic E-state index is 11.5. The van der Waals surface area contributed by atoms with Gasteiger partial charge in [0.2, 0.25) is 0 Å². The summed E-state index contributed by atoms with van der Waals surface area (Å²) in [7, 11) is 0. The minimum absolute atomic E-state index is 0.0288. The molecule has 1 aliphatic heterocycles. The Morgan fingerprint density at radius 3 is 2.53 bits per heavy atom. The van der Waals surface area contributed by atoms with Gasteiger partial charge in [-0.05, 0) is 18.9 Å². The van der Waals surface area contributed by atoms with E-state index in [2.05, 4.69) is 10.3 Å². The summed E-state index contributed by atoms with van der Waals surface area (Å²) < 4.78 is 0. The van der Waals surface area contributed by atoms with E-state index in [9.17, 15) is 9.59 Å². The first-order valence-electron chi connectivity index (χ1n) is 4.72. The Morgan fingerprint density at radius 1 is 1.27 bits per heavy atom. The van der Waals surface area contributed by atoms with Crippen LogP contribution in [0, 0.1) is 12.3 Å². The van der Waals surface area contributed by atoms with Crippen molar-refractivity contribution in [3.63, 3.8) is 0 Å². The Morgan fingerprint density at radius 2 is 1.93 bits per heavy atom. The molecular formula is C10H11N3O2. The van der Waals surface area contributed by atoms with E-state index < -0.39 is 11.5 Å². The molecule has 0 saturated carbocycles. The topological polar surface area (TPSA) is 85.8 Å². The van der Waals surface area contributed by atoms with Crippen molar-refractivity contribution in [1.82, 2.24) is 10.3 Å². The molecule has 5 nitrogen and oxygen atoms in total. The fourth-order valence-electron chi connectivity index (χ4n) is 1.93. The SMILES string of the molecule is CCc1c(C)[nH]c(=O)c2c1C(=N)NC2=O. The Balaban J connectivity index is 2.89. The number of pyridine rings is 1. The number of aromatic nitrogens is 1. The van der Waals surface area contributed by atoms with E-state index in [0.29, 0.717) is 12.0 Å². The van der Waals surface area contributed by atoms with Crippen molar-refractivity contribution in [1.29, 1.82) is 5.41 Å². The van der Waals surface area contributed by atoms with Crippen LogP contribution in [0.4, 0.5) is 0 Å². The second kappa shape index (κ2) is 3.05. The van der Waals surface area contributed by atoms with Crippen LogP contribution in [0.2, 0.25) is 0 Å². The Kier molecular flexibility index (Phi) is 1.96. The maximum absolute atomic E-state index is 11.5. The zero-order valence-corrected chi connectivity index (χ0v) is 8.52. The van der Waals surface area contributed by atoms with Crippen molar-refractivity contribution in [2.45, 2.75) is 20.3 Å². The summed E-state index contributed by atoms with van der Waals surface area (Å²) in [5, 5.41) is 9.96. The average Bonchev–Trinajstić information content (AvgIpc) is 2.43. The predicted molar refractivity (Wildman–Crippen MR) is 55.5 cm³/mol. The van der Waals surface area contributed by atoms with Crippen LogP contribution in [-0.2, 0) is 6.42 Å². The summed E-state index contributed by atoms with van der Waals surface area (Å²) in [5.74, 6) is -0.452. The van der Waals surface area contributed by atoms with E-state index in [-0.39, 0.29) is 11.4 Å². The van der Waals surface area contributed by atoms with Gasteiger partial charge in [0, 0.05) is 11.3 Å². The molecular weight excluding hydrogens is 194 g/mol. The average molecular weight is 205 g/mol. The number of hydrogen-bond donors (Lipinski definition) is 3. The van der Waals surface area contributed by atoms with Crippen LogP contribution in [0.5, 0.6) is 0 Å². The van der Waals surface area contributed by atoms with Gasteiger partial charge < -0.3 is 10.3 Å². The van der Waals surface area contributed by atoms with Crippen molar-refractivity contribution in [2.24, 2.45) is 0 Å². The second-order valence-corrected chi connectivity index (χ2v) is 3.49. The van der Waals surface area contributed by atoms with Crippen LogP contribution in [0.1, 0.15) is 34.1 Å². The van der Waals surface area contributed by atoms with E-state index in [4.69, 9.17) is 5.41 Å². The number of amides is 1. The number of nitrogens with one attached hydrogen (secondary N) is 3. The number of amidine groups is 1. The van der Waals surface area contributed by atoms with Crippen LogP contribution in [0.25, 0.3) is 0 Å². The molecule has 15 heavy (non-hydrogen) atoms. The molecule has 2 heterocycles. The Bertz CT molecular complexity index is 528. The summed E-state index contributed by atoms with van der Waals surface area (Å²) in [6.45, 7) is 3.70. The molecule has 78 valence electrons. The summed E-state index contributed by atoms with van der Waals surface area (Å²) in [4.78, 5) is 25.6. The molecule has 0 bridgehead atoms. The van der Waals surface area contributed by atoms with E-state index in [1.54, 1.807) is 6.92 Å². The minimum Gasteiger partial charge on any atom is -0.326 e. The van der Waals surface area contributed by atoms with Gasteiger partial charge in [-0.25, -0.2) is 0 Å². The van der Waals surface area contributed by atoms with Gasteiger partial charge in [-0.2, -0.15) is 0 Å². The number of hydrogen-bond acceptors (Lipinski definition) is 3. The van der Waals surface area contributed by atoms with Gasteiger partial charge in [0.1, 0.15) is 11.4 Å². The highest BCUT2D eigenvalue weighted by Gasteiger charge is 2.30. The standard InChI is InChI=1S/C10H11N3O2/c1-3-5-4(2)12-9(14)7-6(5)8(11)13-10(7)15/h3H2,1-2H3,(H,12,14)(H2,11,13,15). The number of rotatable bonds is 1. The van der Waals surface area contributed by atoms with Gasteiger partial charge in [0.15, 0.2) is 0 Å². The van der Waals surface area contributed by atoms with Gasteiger partial charge in [0.05, 0.1) is 0 Å². The molecule has 0 saturated heterocycles. The van der Waals surface area contributed by atoms with Crippen LogP contribution in [-0.4, -0.2) is 16.7 Å². The van der Waals surface area contributed by atoms with Crippen molar-refractivity contribution >= 4 is 11.7 Å². The molecule has 1 amide bonds. The van der Waals surface area contributed by atoms with Crippen molar-refractivity contribution in [3.05, 3.63) is 32.7 Å². The number of fused-ring (bicyclic) bond motifs is 1. The van der Waals surface area contributed by atoms with Gasteiger partial charge >= 0.3 is 0 Å². The molecule has 0 aromatic carbocycles. The zero-order chi connectivity index (χ0) is 11.2. The van der Waals surface area contributed by atoms with E-state index >= 15 is 0 Å². The van der Waals surface area contributed by atoms with Gasteiger partial charge in [-0.3, -0.25) is 15.0 Å². The molecule has 2 rings (SSSR count). The lowest BCUT2D eigenvalue weighted by Crippen LogP contribution is -2.23. The van der Waals surface area contributed by atoms with Crippen LogP contribution in [0.3, 0.4) is 0 Å². The lowest BCUT2D eigenvalue weighted by Gasteiger charge is -2.07. The fourth-order valence-corrected chi connectivity index (χ4v) is 1.93. The molecule has 1 aliphatic rings. The molecule has 3 N–H and O–H groups in total. The number of carbonyl (C=O) groups excluding carboxylic acids is 1. The van der Waals surface area contributed by atoms with Crippen LogP contribution >= 0.6 is 0 Å². The predicted octanol–water partition coefficient (Wildman–Crippen LogP) is 0.314. The van der Waals surface area contributed by atoms with Crippen molar-refractivity contribution in [3.8, 4) is 0 Å². The van der Waals surface area contributed by atoms with Gasteiger partial charge in [-0.15, -0.1) is 0 Å². The molecule has 0 atom stereocenters. The molecule has 0 fully saturated rings. The first-order valence-corrected chi connectivity index (χ1v) is 4.72. The number of aryl methyl sites for hydroxylation is 1. The summed E-state index contributed by atoms with van der Waals surface area (Å²) in [5.41, 5.74) is 1.70. The monoisotopic (exact) mass is 205 g/mol. The lowest BCUT2D eigenvalue weighted by atomic mass is 10.0. The lowest BCUT2D eigenvalue weighted by molar-refractivity contribution is 0.0982. The third-order valence-electron chi connectivity index (χ3n) is 2.60. The first-order chi connectivity index (χ1) is 7.06. The molecule has 0 unspecified atom stereocenters. The van der Waals surface area contributed by atoms with Crippen molar-refractivity contribution in [2.75, 3.05) is 0 Å². The summed E-state index contributed by atoms with van der Waals surface area (Å²) in [6, 6.07) is 0. The summed E-state index contributed by atoms with van der Waals surface area (Å²) >= 11 is 0. The maximum Gasteiger partial charge on any atom is 0.263 e. The number of H-pyrrole nitrogens is 1. The molecule has 1 aromatic rings. The highest BCUT2D eigenvalue weighted by Crippen LogP contribution is 2.18. The Hall–Kier alpha value is -1.91. The van der Waals surface area contributed by atoms with E-state index in [1.165, 1.54) is 0 Å². The fraction of sp³-hybridized carbons (Fsp3) is 0.300. The third-order valence-corrected chi connectivity index (χ3v) is 2.60. The number of aromatic amines is 1. The Labute approximate surface area is 86.0 Å². The van der Waals surface area contributed by atoms with E-state index in [0.717, 1.165) is 11.3 Å². The smallest absolute Gasteiger partial charge is 0.263 e. The molecule has 5 heteroatoms. The van der Waals surface area contributed by atoms with Gasteiger partial charge in [0.25, 0.3) is 11.5 Å². The first kappa shape index (κ1) is 9.64. The quantitative estimate of drug-likeness (QED) is 0.616. The third kappa shape index (κ3) is 1.20. The highest BCUT2D eigenvalue weighted by molar-refractivity contribution is 6.22. The zero-order valence-electron chi connectivity index (χ0n) is 8.52. The minimum atomic E-state index is -0.481. The van der Waals surface area contributed by atoms with Crippen LogP contribution in [0.15, 0.2) is 4.79 Å². The normalized spacial score (nSPS) is 14.0. The molecule has 1 aromatic heterocycles. The second-order valence-electron chi connectivity index (χ2n) is 3.49. The van der Waals surface area contributed by atoms with E-state index in [1.807, 2.05) is 6.92 Å². The summed E-state index contributed by atoms with van der Waals surface area (Å²) in [6.07, 6.45) is 0.683.